The van der Waals surface area contributed by atoms with Gasteiger partial charge in [-0.2, -0.15) is 0 Å². The van der Waals surface area contributed by atoms with Gasteiger partial charge in [0.15, 0.2) is 0 Å². The van der Waals surface area contributed by atoms with Crippen molar-refractivity contribution in [1.82, 2.24) is 5.32 Å². The van der Waals surface area contributed by atoms with Gasteiger partial charge in [-0.3, -0.25) is 9.59 Å². The van der Waals surface area contributed by atoms with E-state index in [1.165, 1.54) is 0 Å². The molecule has 2 rings (SSSR count). The van der Waals surface area contributed by atoms with E-state index in [0.29, 0.717) is 5.69 Å². The SMILES string of the molecule is Cc1cc(C)c(NC(=O)CNC(=O)c2cc(F)c(Cl)cc2Cl)c(C)c1. The third-order valence-electron chi connectivity index (χ3n) is 3.61. The second kappa shape index (κ2) is 7.85. The number of aryl methyl sites for hydroxylation is 3. The number of halogens is 3. The summed E-state index contributed by atoms with van der Waals surface area (Å²) in [5, 5.41) is 5.01. The van der Waals surface area contributed by atoms with E-state index in [9.17, 15) is 14.0 Å². The van der Waals surface area contributed by atoms with Gasteiger partial charge in [-0.05, 0) is 44.0 Å². The molecular weight excluding hydrogens is 366 g/mol. The Morgan fingerprint density at radius 1 is 1.00 bits per heavy atom. The van der Waals surface area contributed by atoms with Crippen LogP contribution in [0, 0.1) is 26.6 Å². The highest BCUT2D eigenvalue weighted by Crippen LogP contribution is 2.24. The van der Waals surface area contributed by atoms with E-state index in [0.717, 1.165) is 28.8 Å². The van der Waals surface area contributed by atoms with Crippen molar-refractivity contribution in [1.29, 1.82) is 0 Å². The molecule has 2 amide bonds. The molecule has 0 saturated carbocycles. The number of carbonyl (C=O) groups excluding carboxylic acids is 2. The zero-order chi connectivity index (χ0) is 18.7. The first kappa shape index (κ1) is 19.2. The Labute approximate surface area is 155 Å². The lowest BCUT2D eigenvalue weighted by Gasteiger charge is -2.13. The van der Waals surface area contributed by atoms with E-state index in [2.05, 4.69) is 10.6 Å². The molecule has 0 aliphatic heterocycles. The number of rotatable bonds is 4. The van der Waals surface area contributed by atoms with Gasteiger partial charge in [0.1, 0.15) is 5.82 Å². The van der Waals surface area contributed by atoms with E-state index in [1.54, 1.807) is 0 Å². The summed E-state index contributed by atoms with van der Waals surface area (Å²) >= 11 is 11.5. The van der Waals surface area contributed by atoms with Gasteiger partial charge >= 0.3 is 0 Å². The van der Waals surface area contributed by atoms with Gasteiger partial charge in [0.05, 0.1) is 22.2 Å². The Morgan fingerprint density at radius 3 is 2.20 bits per heavy atom. The van der Waals surface area contributed by atoms with Crippen molar-refractivity contribution in [3.05, 3.63) is 62.4 Å². The van der Waals surface area contributed by atoms with Crippen LogP contribution in [0.5, 0.6) is 0 Å². The lowest BCUT2D eigenvalue weighted by atomic mass is 10.1. The van der Waals surface area contributed by atoms with Crippen molar-refractivity contribution in [2.24, 2.45) is 0 Å². The summed E-state index contributed by atoms with van der Waals surface area (Å²) in [7, 11) is 0. The maximum Gasteiger partial charge on any atom is 0.253 e. The summed E-state index contributed by atoms with van der Waals surface area (Å²) in [6.45, 7) is 5.49. The Kier molecular flexibility index (Phi) is 6.03. The molecular formula is C18H17Cl2FN2O2. The summed E-state index contributed by atoms with van der Waals surface area (Å²) < 4.78 is 13.5. The standard InChI is InChI=1S/C18H17Cl2FN2O2/c1-9-4-10(2)17(11(3)5-9)23-16(24)8-22-18(25)12-6-15(21)14(20)7-13(12)19/h4-7H,8H2,1-3H3,(H,22,25)(H,23,24). The van der Waals surface area contributed by atoms with Crippen molar-refractivity contribution in [3.8, 4) is 0 Å². The molecule has 0 aromatic heterocycles. The highest BCUT2D eigenvalue weighted by Gasteiger charge is 2.15. The Balaban J connectivity index is 2.03. The van der Waals surface area contributed by atoms with Crippen molar-refractivity contribution in [3.63, 3.8) is 0 Å². The Bertz CT molecular complexity index is 830. The van der Waals surface area contributed by atoms with Crippen LogP contribution >= 0.6 is 23.2 Å². The van der Waals surface area contributed by atoms with E-state index in [1.807, 2.05) is 32.9 Å². The van der Waals surface area contributed by atoms with Gasteiger partial charge in [0.2, 0.25) is 5.91 Å². The Morgan fingerprint density at radius 2 is 1.60 bits per heavy atom. The molecule has 0 unspecified atom stereocenters. The number of amides is 2. The molecule has 0 saturated heterocycles. The first-order valence-corrected chi connectivity index (χ1v) is 8.25. The minimum absolute atomic E-state index is 0.00883. The van der Waals surface area contributed by atoms with Crippen LogP contribution in [0.15, 0.2) is 24.3 Å². The van der Waals surface area contributed by atoms with Gasteiger partial charge in [0.25, 0.3) is 5.91 Å². The first-order chi connectivity index (χ1) is 11.7. The van der Waals surface area contributed by atoms with Crippen molar-refractivity contribution in [2.75, 3.05) is 11.9 Å². The molecule has 132 valence electrons. The highest BCUT2D eigenvalue weighted by atomic mass is 35.5. The summed E-state index contributed by atoms with van der Waals surface area (Å²) in [5.41, 5.74) is 3.58. The molecule has 2 N–H and O–H groups in total. The van der Waals surface area contributed by atoms with Crippen molar-refractivity contribution in [2.45, 2.75) is 20.8 Å². The van der Waals surface area contributed by atoms with E-state index >= 15 is 0 Å². The predicted molar refractivity (Wildman–Crippen MR) is 98.0 cm³/mol. The number of nitrogens with one attached hydrogen (secondary N) is 2. The number of hydrogen-bond acceptors (Lipinski definition) is 2. The number of carbonyl (C=O) groups is 2. The fourth-order valence-corrected chi connectivity index (χ4v) is 2.98. The van der Waals surface area contributed by atoms with Gasteiger partial charge in [-0.25, -0.2) is 4.39 Å². The van der Waals surface area contributed by atoms with Crippen LogP contribution in [0.3, 0.4) is 0 Å². The quantitative estimate of drug-likeness (QED) is 0.768. The van der Waals surface area contributed by atoms with Crippen LogP contribution in [-0.2, 0) is 4.79 Å². The maximum atomic E-state index is 13.5. The summed E-state index contributed by atoms with van der Waals surface area (Å²) in [4.78, 5) is 24.2. The fourth-order valence-electron chi connectivity index (χ4n) is 2.51. The topological polar surface area (TPSA) is 58.2 Å². The third-order valence-corrected chi connectivity index (χ3v) is 4.21. The van der Waals surface area contributed by atoms with Gasteiger partial charge in [-0.1, -0.05) is 40.9 Å². The molecule has 0 radical (unpaired) electrons. The molecule has 0 spiro atoms. The smallest absolute Gasteiger partial charge is 0.253 e. The molecule has 0 bridgehead atoms. The molecule has 4 nitrogen and oxygen atoms in total. The number of anilines is 1. The molecule has 2 aromatic rings. The predicted octanol–water partition coefficient (Wildman–Crippen LogP) is 4.43. The van der Waals surface area contributed by atoms with Crippen LogP contribution in [0.1, 0.15) is 27.0 Å². The lowest BCUT2D eigenvalue weighted by molar-refractivity contribution is -0.115. The average Bonchev–Trinajstić information content (AvgIpc) is 2.52. The normalized spacial score (nSPS) is 10.5. The maximum absolute atomic E-state index is 13.5. The van der Waals surface area contributed by atoms with E-state index < -0.39 is 17.6 Å². The molecule has 0 fully saturated rings. The fraction of sp³-hybridized carbons (Fsp3) is 0.222. The average molecular weight is 383 g/mol. The largest absolute Gasteiger partial charge is 0.343 e. The zero-order valence-corrected chi connectivity index (χ0v) is 15.5. The molecule has 0 atom stereocenters. The van der Waals surface area contributed by atoms with Crippen LogP contribution in [0.4, 0.5) is 10.1 Å². The van der Waals surface area contributed by atoms with Crippen molar-refractivity contribution >= 4 is 40.7 Å². The van der Waals surface area contributed by atoms with E-state index in [-0.39, 0.29) is 22.2 Å². The summed E-state index contributed by atoms with van der Waals surface area (Å²) in [5.74, 6) is -1.81. The zero-order valence-electron chi connectivity index (χ0n) is 14.0. The Hall–Kier alpha value is -2.11. The number of benzene rings is 2. The summed E-state index contributed by atoms with van der Waals surface area (Å²) in [6.07, 6.45) is 0. The highest BCUT2D eigenvalue weighted by molar-refractivity contribution is 6.36. The van der Waals surface area contributed by atoms with Gasteiger partial charge < -0.3 is 10.6 Å². The number of hydrogen-bond donors (Lipinski definition) is 2. The monoisotopic (exact) mass is 382 g/mol. The van der Waals surface area contributed by atoms with E-state index in [4.69, 9.17) is 23.2 Å². The van der Waals surface area contributed by atoms with Crippen LogP contribution in [0.25, 0.3) is 0 Å². The molecule has 25 heavy (non-hydrogen) atoms. The van der Waals surface area contributed by atoms with Crippen LogP contribution in [0.2, 0.25) is 10.0 Å². The molecule has 2 aromatic carbocycles. The third kappa shape index (κ3) is 4.71. The molecule has 0 aliphatic carbocycles. The molecule has 7 heteroatoms. The van der Waals surface area contributed by atoms with Gasteiger partial charge in [-0.15, -0.1) is 0 Å². The summed E-state index contributed by atoms with van der Waals surface area (Å²) in [6, 6.07) is 5.99. The van der Waals surface area contributed by atoms with Crippen LogP contribution in [-0.4, -0.2) is 18.4 Å². The second-order valence-corrected chi connectivity index (χ2v) is 6.57. The second-order valence-electron chi connectivity index (χ2n) is 5.75. The minimum atomic E-state index is -0.758. The molecule has 0 aliphatic rings. The lowest BCUT2D eigenvalue weighted by Crippen LogP contribution is -2.33. The van der Waals surface area contributed by atoms with Crippen molar-refractivity contribution < 1.29 is 14.0 Å². The first-order valence-electron chi connectivity index (χ1n) is 7.49. The minimum Gasteiger partial charge on any atom is -0.343 e. The van der Waals surface area contributed by atoms with Crippen LogP contribution < -0.4 is 10.6 Å². The molecule has 0 heterocycles. The van der Waals surface area contributed by atoms with Gasteiger partial charge in [0, 0.05) is 5.69 Å².